The third-order valence-electron chi connectivity index (χ3n) is 2.54. The maximum absolute atomic E-state index is 11.8. The van der Waals surface area contributed by atoms with Crippen molar-refractivity contribution >= 4 is 23.5 Å². The average Bonchev–Trinajstić information content (AvgIpc) is 2.31. The van der Waals surface area contributed by atoms with E-state index in [0.29, 0.717) is 11.3 Å². The van der Waals surface area contributed by atoms with E-state index in [1.165, 1.54) is 12.1 Å². The quantitative estimate of drug-likeness (QED) is 0.539. The SMILES string of the molecule is Cc1cc(C(=O)N[C@@H](CC(N)=O)C(=O)O)ccc1N. The third-order valence-corrected chi connectivity index (χ3v) is 2.54. The van der Waals surface area contributed by atoms with Crippen LogP contribution in [0.2, 0.25) is 0 Å². The van der Waals surface area contributed by atoms with Gasteiger partial charge < -0.3 is 21.9 Å². The van der Waals surface area contributed by atoms with E-state index in [1.807, 2.05) is 0 Å². The fraction of sp³-hybridized carbons (Fsp3) is 0.250. The lowest BCUT2D eigenvalue weighted by Crippen LogP contribution is -2.43. The highest BCUT2D eigenvalue weighted by Gasteiger charge is 2.22. The number of nitrogen functional groups attached to an aromatic ring is 1. The number of carbonyl (C=O) groups excluding carboxylic acids is 2. The van der Waals surface area contributed by atoms with Crippen molar-refractivity contribution in [2.24, 2.45) is 5.73 Å². The van der Waals surface area contributed by atoms with Gasteiger partial charge in [-0.15, -0.1) is 0 Å². The van der Waals surface area contributed by atoms with Crippen LogP contribution in [0, 0.1) is 6.92 Å². The van der Waals surface area contributed by atoms with Gasteiger partial charge in [0, 0.05) is 11.3 Å². The van der Waals surface area contributed by atoms with Crippen LogP contribution < -0.4 is 16.8 Å². The molecule has 1 rings (SSSR count). The Morgan fingerprint density at radius 1 is 1.37 bits per heavy atom. The highest BCUT2D eigenvalue weighted by molar-refractivity contribution is 5.98. The van der Waals surface area contributed by atoms with Gasteiger partial charge in [-0.1, -0.05) is 0 Å². The molecule has 6 N–H and O–H groups in total. The van der Waals surface area contributed by atoms with E-state index in [9.17, 15) is 14.4 Å². The zero-order valence-electron chi connectivity index (χ0n) is 10.3. The van der Waals surface area contributed by atoms with Crippen molar-refractivity contribution in [1.82, 2.24) is 5.32 Å². The van der Waals surface area contributed by atoms with Gasteiger partial charge in [0.25, 0.3) is 5.91 Å². The number of aryl methyl sites for hydroxylation is 1. The Balaban J connectivity index is 2.84. The Morgan fingerprint density at radius 3 is 2.47 bits per heavy atom. The topological polar surface area (TPSA) is 136 Å². The summed E-state index contributed by atoms with van der Waals surface area (Å²) < 4.78 is 0. The van der Waals surface area contributed by atoms with Gasteiger partial charge in [-0.05, 0) is 30.7 Å². The predicted molar refractivity (Wildman–Crippen MR) is 68.3 cm³/mol. The molecule has 102 valence electrons. The van der Waals surface area contributed by atoms with Crippen LogP contribution >= 0.6 is 0 Å². The van der Waals surface area contributed by atoms with Gasteiger partial charge >= 0.3 is 5.97 Å². The van der Waals surface area contributed by atoms with Gasteiger partial charge in [-0.3, -0.25) is 9.59 Å². The average molecular weight is 265 g/mol. The van der Waals surface area contributed by atoms with Crippen LogP contribution in [0.4, 0.5) is 5.69 Å². The number of hydrogen-bond donors (Lipinski definition) is 4. The molecule has 0 aromatic heterocycles. The molecule has 0 saturated carbocycles. The molecule has 0 fully saturated rings. The Hall–Kier alpha value is -2.57. The fourth-order valence-corrected chi connectivity index (χ4v) is 1.46. The lowest BCUT2D eigenvalue weighted by atomic mass is 10.1. The van der Waals surface area contributed by atoms with E-state index in [4.69, 9.17) is 16.6 Å². The first kappa shape index (κ1) is 14.5. The second-order valence-electron chi connectivity index (χ2n) is 4.11. The van der Waals surface area contributed by atoms with Crippen molar-refractivity contribution in [3.8, 4) is 0 Å². The molecule has 0 bridgehead atoms. The Morgan fingerprint density at radius 2 is 2.00 bits per heavy atom. The van der Waals surface area contributed by atoms with Gasteiger partial charge in [-0.25, -0.2) is 4.79 Å². The standard InChI is InChI=1S/C12H15N3O4/c1-6-4-7(2-3-8(6)13)11(17)15-9(12(18)19)5-10(14)16/h2-4,9H,5,13H2,1H3,(H2,14,16)(H,15,17)(H,18,19)/t9-/m0/s1. The minimum Gasteiger partial charge on any atom is -0.480 e. The summed E-state index contributed by atoms with van der Waals surface area (Å²) in [5.41, 5.74) is 12.0. The van der Waals surface area contributed by atoms with Crippen molar-refractivity contribution in [1.29, 1.82) is 0 Å². The van der Waals surface area contributed by atoms with E-state index in [1.54, 1.807) is 13.0 Å². The molecule has 7 nitrogen and oxygen atoms in total. The largest absolute Gasteiger partial charge is 0.480 e. The predicted octanol–water partition coefficient (Wildman–Crippen LogP) is -0.364. The number of anilines is 1. The first-order chi connectivity index (χ1) is 8.81. The first-order valence-corrected chi connectivity index (χ1v) is 5.49. The molecular weight excluding hydrogens is 250 g/mol. The molecular formula is C12H15N3O4. The number of rotatable bonds is 5. The molecule has 19 heavy (non-hydrogen) atoms. The van der Waals surface area contributed by atoms with Crippen molar-refractivity contribution in [3.63, 3.8) is 0 Å². The van der Waals surface area contributed by atoms with E-state index in [2.05, 4.69) is 5.32 Å². The Bertz CT molecular complexity index is 528. The molecule has 0 radical (unpaired) electrons. The van der Waals surface area contributed by atoms with Gasteiger partial charge in [0.1, 0.15) is 6.04 Å². The minimum absolute atomic E-state index is 0.266. The summed E-state index contributed by atoms with van der Waals surface area (Å²) in [6.45, 7) is 1.73. The number of nitrogens with two attached hydrogens (primary N) is 2. The molecule has 0 aliphatic carbocycles. The summed E-state index contributed by atoms with van der Waals surface area (Å²) in [5, 5.41) is 11.1. The number of primary amides is 1. The smallest absolute Gasteiger partial charge is 0.326 e. The number of aliphatic carboxylic acids is 1. The van der Waals surface area contributed by atoms with Crippen LogP contribution in [0.3, 0.4) is 0 Å². The Kier molecular flexibility index (Phi) is 4.46. The molecule has 0 saturated heterocycles. The van der Waals surface area contributed by atoms with Crippen LogP contribution in [0.1, 0.15) is 22.3 Å². The normalized spacial score (nSPS) is 11.6. The van der Waals surface area contributed by atoms with Gasteiger partial charge in [0.05, 0.1) is 6.42 Å². The van der Waals surface area contributed by atoms with Gasteiger partial charge in [0.15, 0.2) is 0 Å². The molecule has 1 aromatic carbocycles. The lowest BCUT2D eigenvalue weighted by Gasteiger charge is -2.13. The summed E-state index contributed by atoms with van der Waals surface area (Å²) in [5.74, 6) is -2.72. The van der Waals surface area contributed by atoms with Crippen LogP contribution in [-0.2, 0) is 9.59 Å². The lowest BCUT2D eigenvalue weighted by molar-refractivity contribution is -0.140. The van der Waals surface area contributed by atoms with Gasteiger partial charge in [-0.2, -0.15) is 0 Å². The first-order valence-electron chi connectivity index (χ1n) is 5.49. The number of nitrogens with one attached hydrogen (secondary N) is 1. The number of carboxylic acids is 1. The molecule has 7 heteroatoms. The second-order valence-corrected chi connectivity index (χ2v) is 4.11. The summed E-state index contributed by atoms with van der Waals surface area (Å²) in [7, 11) is 0. The van der Waals surface area contributed by atoms with Crippen molar-refractivity contribution < 1.29 is 19.5 Å². The number of hydrogen-bond acceptors (Lipinski definition) is 4. The van der Waals surface area contributed by atoms with E-state index in [0.717, 1.165) is 0 Å². The van der Waals surface area contributed by atoms with Gasteiger partial charge in [0.2, 0.25) is 5.91 Å². The van der Waals surface area contributed by atoms with E-state index >= 15 is 0 Å². The number of amides is 2. The van der Waals surface area contributed by atoms with E-state index in [-0.39, 0.29) is 5.56 Å². The molecule has 1 atom stereocenters. The molecule has 0 unspecified atom stereocenters. The maximum atomic E-state index is 11.8. The summed E-state index contributed by atoms with van der Waals surface area (Å²) in [6.07, 6.45) is -0.463. The fourth-order valence-electron chi connectivity index (χ4n) is 1.46. The second kappa shape index (κ2) is 5.85. The zero-order chi connectivity index (χ0) is 14.6. The molecule has 0 aliphatic heterocycles. The molecule has 1 aromatic rings. The van der Waals surface area contributed by atoms with Crippen molar-refractivity contribution in [2.45, 2.75) is 19.4 Å². The van der Waals surface area contributed by atoms with Crippen molar-refractivity contribution in [2.75, 3.05) is 5.73 Å². The molecule has 0 heterocycles. The summed E-state index contributed by atoms with van der Waals surface area (Å²) >= 11 is 0. The zero-order valence-corrected chi connectivity index (χ0v) is 10.3. The maximum Gasteiger partial charge on any atom is 0.326 e. The van der Waals surface area contributed by atoms with Crippen LogP contribution in [0.5, 0.6) is 0 Å². The summed E-state index contributed by atoms with van der Waals surface area (Å²) in [4.78, 5) is 33.4. The summed E-state index contributed by atoms with van der Waals surface area (Å²) in [6, 6.07) is 3.21. The van der Waals surface area contributed by atoms with Crippen LogP contribution in [-0.4, -0.2) is 28.9 Å². The molecule has 2 amide bonds. The van der Waals surface area contributed by atoms with Crippen LogP contribution in [0.25, 0.3) is 0 Å². The minimum atomic E-state index is -1.34. The number of carboxylic acid groups (broad SMARTS) is 1. The number of carbonyl (C=O) groups is 3. The van der Waals surface area contributed by atoms with Crippen molar-refractivity contribution in [3.05, 3.63) is 29.3 Å². The monoisotopic (exact) mass is 265 g/mol. The van der Waals surface area contributed by atoms with E-state index < -0.39 is 30.2 Å². The highest BCUT2D eigenvalue weighted by Crippen LogP contribution is 2.12. The third kappa shape index (κ3) is 3.98. The Labute approximate surface area is 109 Å². The molecule has 0 spiro atoms. The highest BCUT2D eigenvalue weighted by atomic mass is 16.4. The van der Waals surface area contributed by atoms with Crippen LogP contribution in [0.15, 0.2) is 18.2 Å². The molecule has 0 aliphatic rings. The number of benzene rings is 1.